The third-order valence-corrected chi connectivity index (χ3v) is 9.94. The summed E-state index contributed by atoms with van der Waals surface area (Å²) in [6.07, 6.45) is -0.706. The van der Waals surface area contributed by atoms with Gasteiger partial charge in [-0.2, -0.15) is 8.61 Å². The van der Waals surface area contributed by atoms with Crippen molar-refractivity contribution in [2.75, 3.05) is 26.7 Å². The van der Waals surface area contributed by atoms with E-state index in [0.29, 0.717) is 4.47 Å². The minimum Gasteiger partial charge on any atom is -0.487 e. The molecule has 12 heteroatoms. The highest BCUT2D eigenvalue weighted by Gasteiger charge is 2.39. The van der Waals surface area contributed by atoms with Crippen molar-refractivity contribution in [1.82, 2.24) is 8.61 Å². The molecular formula is C21H26BrFN2O6S2. The van der Waals surface area contributed by atoms with Crippen molar-refractivity contribution in [3.8, 4) is 5.75 Å². The molecule has 0 saturated carbocycles. The van der Waals surface area contributed by atoms with Crippen LogP contribution in [0, 0.1) is 11.7 Å². The van der Waals surface area contributed by atoms with E-state index in [1.165, 1.54) is 35.6 Å². The first kappa shape index (κ1) is 26.0. The minimum atomic E-state index is -3.97. The van der Waals surface area contributed by atoms with Gasteiger partial charge in [0, 0.05) is 30.0 Å². The van der Waals surface area contributed by atoms with Crippen molar-refractivity contribution in [1.29, 1.82) is 0 Å². The number of aliphatic hydroxyl groups excluding tert-OH is 1. The number of rotatable bonds is 6. The molecule has 0 amide bonds. The lowest BCUT2D eigenvalue weighted by molar-refractivity contribution is 0.0904. The summed E-state index contributed by atoms with van der Waals surface area (Å²) in [4.78, 5) is -0.127. The van der Waals surface area contributed by atoms with E-state index >= 15 is 0 Å². The van der Waals surface area contributed by atoms with E-state index in [-0.39, 0.29) is 35.2 Å². The molecule has 0 saturated heterocycles. The summed E-state index contributed by atoms with van der Waals surface area (Å²) in [6, 6.07) is 8.35. The zero-order valence-electron chi connectivity index (χ0n) is 18.4. The van der Waals surface area contributed by atoms with Crippen LogP contribution in [0.4, 0.5) is 4.39 Å². The maximum absolute atomic E-state index is 13.3. The summed E-state index contributed by atoms with van der Waals surface area (Å²) in [5, 5.41) is 9.66. The Labute approximate surface area is 202 Å². The van der Waals surface area contributed by atoms with Crippen molar-refractivity contribution in [3.05, 3.63) is 52.8 Å². The van der Waals surface area contributed by atoms with Gasteiger partial charge in [0.15, 0.2) is 0 Å². The Balaban J connectivity index is 2.00. The van der Waals surface area contributed by atoms with Crippen molar-refractivity contribution in [3.63, 3.8) is 0 Å². The van der Waals surface area contributed by atoms with Crippen LogP contribution in [0.5, 0.6) is 5.75 Å². The molecule has 0 radical (unpaired) electrons. The SMILES string of the molecule is C[C@H](CO)N1C[C@H](C)[C@@H](CN(C)S(=O)(=O)c2ccc(F)cc2)Oc2cc(Br)ccc2S1(=O)=O. The Morgan fingerprint density at radius 3 is 2.52 bits per heavy atom. The molecule has 0 fully saturated rings. The first-order valence-electron chi connectivity index (χ1n) is 10.2. The average molecular weight is 565 g/mol. The molecule has 0 bridgehead atoms. The average Bonchev–Trinajstić information content (AvgIpc) is 2.75. The number of nitrogens with zero attached hydrogens (tertiary/aromatic N) is 2. The maximum Gasteiger partial charge on any atom is 0.247 e. The van der Waals surface area contributed by atoms with Crippen LogP contribution in [0.3, 0.4) is 0 Å². The van der Waals surface area contributed by atoms with Gasteiger partial charge in [0.05, 0.1) is 18.0 Å². The lowest BCUT2D eigenvalue weighted by atomic mass is 10.0. The minimum absolute atomic E-state index is 0.0225. The number of hydrogen-bond acceptors (Lipinski definition) is 6. The number of benzene rings is 2. The summed E-state index contributed by atoms with van der Waals surface area (Å²) in [5.41, 5.74) is 0. The molecule has 0 spiro atoms. The summed E-state index contributed by atoms with van der Waals surface area (Å²) < 4.78 is 74.9. The number of fused-ring (bicyclic) bond motifs is 1. The second-order valence-corrected chi connectivity index (χ2v) is 12.9. The number of ether oxygens (including phenoxy) is 1. The molecule has 0 aliphatic carbocycles. The van der Waals surface area contributed by atoms with Crippen molar-refractivity contribution in [2.24, 2.45) is 5.92 Å². The van der Waals surface area contributed by atoms with Gasteiger partial charge in [0.2, 0.25) is 20.0 Å². The maximum atomic E-state index is 13.3. The van der Waals surface area contributed by atoms with E-state index < -0.39 is 43.9 Å². The number of hydrogen-bond donors (Lipinski definition) is 1. The molecule has 8 nitrogen and oxygen atoms in total. The van der Waals surface area contributed by atoms with Gasteiger partial charge in [0.25, 0.3) is 0 Å². The normalized spacial score (nSPS) is 22.2. The summed E-state index contributed by atoms with van der Waals surface area (Å²) >= 11 is 3.32. The van der Waals surface area contributed by atoms with E-state index in [1.807, 2.05) is 0 Å². The van der Waals surface area contributed by atoms with Crippen LogP contribution in [0.15, 0.2) is 56.7 Å². The fraction of sp³-hybridized carbons (Fsp3) is 0.429. The van der Waals surface area contributed by atoms with Crippen LogP contribution in [-0.2, 0) is 20.0 Å². The molecule has 1 aliphatic rings. The zero-order chi connectivity index (χ0) is 24.6. The predicted molar refractivity (Wildman–Crippen MR) is 124 cm³/mol. The van der Waals surface area contributed by atoms with Gasteiger partial charge >= 0.3 is 0 Å². The van der Waals surface area contributed by atoms with Crippen LogP contribution in [0.1, 0.15) is 13.8 Å². The third kappa shape index (κ3) is 5.41. The monoisotopic (exact) mass is 564 g/mol. The molecule has 1 heterocycles. The van der Waals surface area contributed by atoms with Gasteiger partial charge < -0.3 is 9.84 Å². The standard InChI is InChI=1S/C21H26BrFN2O6S2/c1-14-11-25(15(2)13-26)33(29,30)21-9-4-16(22)10-19(21)31-20(14)12-24(3)32(27,28)18-7-5-17(23)6-8-18/h4-10,14-15,20,26H,11-13H2,1-3H3/t14-,15+,20+/m0/s1. The topological polar surface area (TPSA) is 104 Å². The van der Waals surface area contributed by atoms with E-state index in [4.69, 9.17) is 4.74 Å². The van der Waals surface area contributed by atoms with E-state index in [9.17, 15) is 26.3 Å². The van der Waals surface area contributed by atoms with Gasteiger partial charge in [-0.25, -0.2) is 21.2 Å². The molecule has 182 valence electrons. The highest BCUT2D eigenvalue weighted by molar-refractivity contribution is 9.10. The quantitative estimate of drug-likeness (QED) is 0.578. The van der Waals surface area contributed by atoms with Gasteiger partial charge in [0.1, 0.15) is 22.6 Å². The Bertz CT molecular complexity index is 1210. The summed E-state index contributed by atoms with van der Waals surface area (Å²) in [7, 11) is -6.52. The fourth-order valence-electron chi connectivity index (χ4n) is 3.56. The highest BCUT2D eigenvalue weighted by Crippen LogP contribution is 2.35. The Morgan fingerprint density at radius 1 is 1.27 bits per heavy atom. The Kier molecular flexibility index (Phi) is 7.86. The van der Waals surface area contributed by atoms with Crippen LogP contribution in [0.25, 0.3) is 0 Å². The molecular weight excluding hydrogens is 539 g/mol. The van der Waals surface area contributed by atoms with Gasteiger partial charge in [-0.15, -0.1) is 0 Å². The predicted octanol–water partition coefficient (Wildman–Crippen LogP) is 2.68. The smallest absolute Gasteiger partial charge is 0.247 e. The lowest BCUT2D eigenvalue weighted by Gasteiger charge is -2.37. The second kappa shape index (κ2) is 9.96. The molecule has 2 aromatic carbocycles. The zero-order valence-corrected chi connectivity index (χ0v) is 21.6. The van der Waals surface area contributed by atoms with Crippen molar-refractivity contribution in [2.45, 2.75) is 35.8 Å². The Morgan fingerprint density at radius 2 is 1.91 bits per heavy atom. The number of sulfonamides is 2. The van der Waals surface area contributed by atoms with Crippen LogP contribution < -0.4 is 4.74 Å². The Hall–Kier alpha value is -1.57. The van der Waals surface area contributed by atoms with Crippen LogP contribution >= 0.6 is 15.9 Å². The van der Waals surface area contributed by atoms with E-state index in [0.717, 1.165) is 16.4 Å². The molecule has 33 heavy (non-hydrogen) atoms. The summed E-state index contributed by atoms with van der Waals surface area (Å²) in [6.45, 7) is 2.94. The molecule has 1 aliphatic heterocycles. The summed E-state index contributed by atoms with van der Waals surface area (Å²) in [5.74, 6) is -0.884. The van der Waals surface area contributed by atoms with Crippen LogP contribution in [-0.4, -0.2) is 69.4 Å². The first-order chi connectivity index (χ1) is 15.4. The first-order valence-corrected chi connectivity index (χ1v) is 13.9. The number of aliphatic hydroxyl groups is 1. The van der Waals surface area contributed by atoms with Gasteiger partial charge in [-0.05, 0) is 49.4 Å². The third-order valence-electron chi connectivity index (χ3n) is 5.59. The fourth-order valence-corrected chi connectivity index (χ4v) is 6.90. The highest BCUT2D eigenvalue weighted by atomic mass is 79.9. The molecule has 2 aromatic rings. The second-order valence-electron chi connectivity index (χ2n) is 8.07. The molecule has 3 atom stereocenters. The molecule has 0 unspecified atom stereocenters. The van der Waals surface area contributed by atoms with Crippen molar-refractivity contribution < 1.29 is 31.1 Å². The van der Waals surface area contributed by atoms with Gasteiger partial charge in [-0.3, -0.25) is 0 Å². The molecule has 1 N–H and O–H groups in total. The van der Waals surface area contributed by atoms with Crippen LogP contribution in [0.2, 0.25) is 0 Å². The van der Waals surface area contributed by atoms with Gasteiger partial charge in [-0.1, -0.05) is 22.9 Å². The molecule has 3 rings (SSSR count). The molecule has 0 aromatic heterocycles. The van der Waals surface area contributed by atoms with E-state index in [1.54, 1.807) is 19.9 Å². The van der Waals surface area contributed by atoms with E-state index in [2.05, 4.69) is 15.9 Å². The lowest BCUT2D eigenvalue weighted by Crippen LogP contribution is -2.50. The largest absolute Gasteiger partial charge is 0.487 e. The number of likely N-dealkylation sites (N-methyl/N-ethyl adjacent to an activating group) is 1. The number of halogens is 2. The van der Waals surface area contributed by atoms with Crippen molar-refractivity contribution >= 4 is 36.0 Å².